The molecule has 0 aliphatic carbocycles. The molecule has 0 bridgehead atoms. The zero-order valence-electron chi connectivity index (χ0n) is 13.4. The summed E-state index contributed by atoms with van der Waals surface area (Å²) in [4.78, 5) is 12.3. The smallest absolute Gasteiger partial charge is 0.187 e. The topological polar surface area (TPSA) is 69.0 Å². The van der Waals surface area contributed by atoms with Gasteiger partial charge in [-0.15, -0.1) is 0 Å². The Morgan fingerprint density at radius 3 is 2.68 bits per heavy atom. The van der Waals surface area contributed by atoms with Crippen molar-refractivity contribution in [3.05, 3.63) is 57.3 Å². The first-order valence-corrected chi connectivity index (χ1v) is 10.3. The molecule has 0 spiro atoms. The van der Waals surface area contributed by atoms with Crippen LogP contribution in [0.3, 0.4) is 0 Å². The number of allylic oxidation sites excluding steroid dienone is 1. The fourth-order valence-corrected chi connectivity index (χ4v) is 5.14. The molecule has 0 amide bonds. The Balaban J connectivity index is 1.86. The molecule has 1 fully saturated rings. The van der Waals surface area contributed by atoms with Gasteiger partial charge < -0.3 is 0 Å². The number of aromatic nitrogens is 2. The minimum atomic E-state index is -3.04. The van der Waals surface area contributed by atoms with Gasteiger partial charge in [0.25, 0.3) is 0 Å². The number of hydrogen-bond acceptors (Lipinski definition) is 4. The van der Waals surface area contributed by atoms with Gasteiger partial charge in [0.1, 0.15) is 5.15 Å². The Morgan fingerprint density at radius 2 is 2.04 bits per heavy atom. The minimum Gasteiger partial charge on any atom is -0.289 e. The van der Waals surface area contributed by atoms with Gasteiger partial charge in [0.15, 0.2) is 15.6 Å². The number of ketones is 1. The number of hydrogen-bond donors (Lipinski definition) is 0. The van der Waals surface area contributed by atoms with Crippen molar-refractivity contribution in [1.82, 2.24) is 9.78 Å². The molecular formula is C17H16Cl2N2O3S. The fraction of sp³-hybridized carbons (Fsp3) is 0.294. The van der Waals surface area contributed by atoms with E-state index in [-0.39, 0.29) is 23.3 Å². The zero-order valence-corrected chi connectivity index (χ0v) is 15.8. The molecule has 0 unspecified atom stereocenters. The lowest BCUT2D eigenvalue weighted by Crippen LogP contribution is -2.12. The Morgan fingerprint density at radius 1 is 1.32 bits per heavy atom. The second-order valence-electron chi connectivity index (χ2n) is 5.97. The van der Waals surface area contributed by atoms with Gasteiger partial charge in [-0.25, -0.2) is 13.1 Å². The van der Waals surface area contributed by atoms with Crippen LogP contribution in [0.1, 0.15) is 34.1 Å². The normalized spacial score (nSPS) is 19.6. The summed E-state index contributed by atoms with van der Waals surface area (Å²) in [5.41, 5.74) is 1.65. The van der Waals surface area contributed by atoms with Crippen LogP contribution in [-0.2, 0) is 9.84 Å². The molecule has 8 heteroatoms. The Kier molecular flexibility index (Phi) is 5.04. The Bertz CT molecular complexity index is 964. The summed E-state index contributed by atoms with van der Waals surface area (Å²) in [5, 5.41) is 5.07. The van der Waals surface area contributed by atoms with E-state index in [2.05, 4.69) is 5.10 Å². The number of aryl methyl sites for hydroxylation is 1. The van der Waals surface area contributed by atoms with Crippen molar-refractivity contribution in [1.29, 1.82) is 0 Å². The maximum Gasteiger partial charge on any atom is 0.187 e. The predicted molar refractivity (Wildman–Crippen MR) is 99.1 cm³/mol. The fourth-order valence-electron chi connectivity index (χ4n) is 2.84. The van der Waals surface area contributed by atoms with Crippen LogP contribution in [0.25, 0.3) is 6.08 Å². The molecule has 25 heavy (non-hydrogen) atoms. The highest BCUT2D eigenvalue weighted by Gasteiger charge is 2.31. The molecule has 132 valence electrons. The quantitative estimate of drug-likeness (QED) is 0.580. The Labute approximate surface area is 156 Å². The summed E-state index contributed by atoms with van der Waals surface area (Å²) >= 11 is 12.4. The minimum absolute atomic E-state index is 0.0373. The van der Waals surface area contributed by atoms with Gasteiger partial charge in [-0.2, -0.15) is 5.10 Å². The van der Waals surface area contributed by atoms with E-state index in [1.807, 2.05) is 0 Å². The van der Waals surface area contributed by atoms with E-state index in [1.165, 1.54) is 6.08 Å². The van der Waals surface area contributed by atoms with Crippen molar-refractivity contribution in [2.24, 2.45) is 0 Å². The molecule has 1 aliphatic rings. The summed E-state index contributed by atoms with van der Waals surface area (Å²) in [7, 11) is -3.04. The monoisotopic (exact) mass is 398 g/mol. The van der Waals surface area contributed by atoms with E-state index in [0.717, 1.165) is 0 Å². The van der Waals surface area contributed by atoms with Gasteiger partial charge in [0.2, 0.25) is 0 Å². The highest BCUT2D eigenvalue weighted by atomic mass is 35.5. The zero-order chi connectivity index (χ0) is 18.2. The van der Waals surface area contributed by atoms with Crippen LogP contribution in [0.5, 0.6) is 0 Å². The van der Waals surface area contributed by atoms with Crippen LogP contribution in [0.4, 0.5) is 0 Å². The molecule has 2 aromatic rings. The molecule has 1 aromatic heterocycles. The molecule has 1 aromatic carbocycles. The summed E-state index contributed by atoms with van der Waals surface area (Å²) in [6.45, 7) is 1.77. The number of benzene rings is 1. The van der Waals surface area contributed by atoms with Crippen LogP contribution in [0, 0.1) is 6.92 Å². The molecule has 1 aliphatic heterocycles. The van der Waals surface area contributed by atoms with Gasteiger partial charge in [0.05, 0.1) is 28.3 Å². The summed E-state index contributed by atoms with van der Waals surface area (Å²) < 4.78 is 24.9. The number of nitrogens with zero attached hydrogens (tertiary/aromatic N) is 2. The number of carbonyl (C=O) groups is 1. The number of halogens is 2. The highest BCUT2D eigenvalue weighted by molar-refractivity contribution is 7.91. The second kappa shape index (κ2) is 6.94. The molecule has 3 rings (SSSR count). The van der Waals surface area contributed by atoms with Crippen LogP contribution < -0.4 is 0 Å². The molecular weight excluding hydrogens is 383 g/mol. The largest absolute Gasteiger partial charge is 0.289 e. The molecule has 1 atom stereocenters. The lowest BCUT2D eigenvalue weighted by Gasteiger charge is -2.09. The van der Waals surface area contributed by atoms with Gasteiger partial charge in [-0.1, -0.05) is 35.3 Å². The van der Waals surface area contributed by atoms with Crippen molar-refractivity contribution < 1.29 is 13.2 Å². The molecule has 0 N–H and O–H groups in total. The average molecular weight is 399 g/mol. The van der Waals surface area contributed by atoms with E-state index in [4.69, 9.17) is 23.2 Å². The van der Waals surface area contributed by atoms with Crippen molar-refractivity contribution in [3.8, 4) is 0 Å². The van der Waals surface area contributed by atoms with E-state index < -0.39 is 9.84 Å². The van der Waals surface area contributed by atoms with Crippen LogP contribution >= 0.6 is 23.2 Å². The second-order valence-corrected chi connectivity index (χ2v) is 8.96. The third-order valence-corrected chi connectivity index (χ3v) is 6.62. The Hall–Kier alpha value is -1.63. The van der Waals surface area contributed by atoms with Crippen LogP contribution in [0.2, 0.25) is 10.2 Å². The lowest BCUT2D eigenvalue weighted by atomic mass is 10.1. The standard InChI is InChI=1S/C17H16Cl2N2O3S/c1-11-13(6-7-16(22)14-4-2-3-5-15(14)18)17(19)21(20-11)12-8-9-25(23,24)10-12/h2-7,12H,8-10H2,1H3/b7-6+/t12-/m1/s1. The first-order valence-electron chi connectivity index (χ1n) is 7.70. The predicted octanol–water partition coefficient (Wildman–Crippen LogP) is 3.75. The SMILES string of the molecule is Cc1nn([C@@H]2CCS(=O)(=O)C2)c(Cl)c1/C=C/C(=O)c1ccccc1Cl. The van der Waals surface area contributed by atoms with Crippen molar-refractivity contribution >= 4 is 44.9 Å². The van der Waals surface area contributed by atoms with Crippen molar-refractivity contribution in [3.63, 3.8) is 0 Å². The molecule has 0 saturated carbocycles. The van der Waals surface area contributed by atoms with Gasteiger partial charge in [-0.05, 0) is 37.6 Å². The van der Waals surface area contributed by atoms with Gasteiger partial charge in [-0.3, -0.25) is 4.79 Å². The molecule has 2 heterocycles. The van der Waals surface area contributed by atoms with Crippen molar-refractivity contribution in [2.75, 3.05) is 11.5 Å². The summed E-state index contributed by atoms with van der Waals surface area (Å²) in [5.74, 6) is -0.0595. The molecule has 5 nitrogen and oxygen atoms in total. The maximum absolute atomic E-state index is 12.3. The van der Waals surface area contributed by atoms with E-state index in [9.17, 15) is 13.2 Å². The maximum atomic E-state index is 12.3. The molecule has 0 radical (unpaired) electrons. The third kappa shape index (κ3) is 3.81. The number of carbonyl (C=O) groups excluding carboxylic acids is 1. The van der Waals surface area contributed by atoms with Gasteiger partial charge >= 0.3 is 0 Å². The van der Waals surface area contributed by atoms with E-state index >= 15 is 0 Å². The van der Waals surface area contributed by atoms with Gasteiger partial charge in [0, 0.05) is 11.1 Å². The number of rotatable bonds is 4. The van der Waals surface area contributed by atoms with E-state index in [0.29, 0.717) is 33.4 Å². The van der Waals surface area contributed by atoms with Crippen molar-refractivity contribution in [2.45, 2.75) is 19.4 Å². The molecule has 1 saturated heterocycles. The van der Waals surface area contributed by atoms with Crippen LogP contribution in [0.15, 0.2) is 30.3 Å². The third-order valence-electron chi connectivity index (χ3n) is 4.17. The summed E-state index contributed by atoms with van der Waals surface area (Å²) in [6, 6.07) is 6.53. The van der Waals surface area contributed by atoms with Crippen LogP contribution in [-0.4, -0.2) is 35.5 Å². The lowest BCUT2D eigenvalue weighted by molar-refractivity contribution is 0.104. The summed E-state index contributed by atoms with van der Waals surface area (Å²) in [6.07, 6.45) is 3.48. The first-order chi connectivity index (χ1) is 11.8. The highest BCUT2D eigenvalue weighted by Crippen LogP contribution is 2.30. The van der Waals surface area contributed by atoms with E-state index in [1.54, 1.807) is 41.9 Å². The average Bonchev–Trinajstić information content (AvgIpc) is 3.05. The first kappa shape index (κ1) is 18.2. The number of sulfone groups is 1.